The van der Waals surface area contributed by atoms with Crippen LogP contribution in [0.1, 0.15) is 25.5 Å². The fourth-order valence-electron chi connectivity index (χ4n) is 3.37. The van der Waals surface area contributed by atoms with Gasteiger partial charge < -0.3 is 4.57 Å². The lowest BCUT2D eigenvalue weighted by atomic mass is 10.1. The summed E-state index contributed by atoms with van der Waals surface area (Å²) < 4.78 is 4.58. The molecular formula is C20H17ClN2O2S. The first-order chi connectivity index (χ1) is 12.4. The van der Waals surface area contributed by atoms with Crippen LogP contribution in [0.5, 0.6) is 0 Å². The van der Waals surface area contributed by atoms with E-state index in [1.54, 1.807) is 10.6 Å². The summed E-state index contributed by atoms with van der Waals surface area (Å²) in [5, 5.41) is 0.201. The molecule has 0 saturated heterocycles. The lowest BCUT2D eigenvalue weighted by Crippen LogP contribution is -2.28. The number of rotatable bonds is 2. The molecule has 0 fully saturated rings. The maximum atomic E-state index is 13.4. The van der Waals surface area contributed by atoms with Crippen LogP contribution < -0.4 is 11.0 Å². The second-order valence-corrected chi connectivity index (χ2v) is 8.30. The molecule has 0 aliphatic heterocycles. The highest BCUT2D eigenvalue weighted by molar-refractivity contribution is 7.22. The van der Waals surface area contributed by atoms with Crippen molar-refractivity contribution in [1.82, 2.24) is 9.13 Å². The van der Waals surface area contributed by atoms with Gasteiger partial charge in [0.05, 0.1) is 15.4 Å². The molecule has 4 nitrogen and oxygen atoms in total. The van der Waals surface area contributed by atoms with Gasteiger partial charge in [-0.05, 0) is 30.2 Å². The summed E-state index contributed by atoms with van der Waals surface area (Å²) in [4.78, 5) is 26.5. The third kappa shape index (κ3) is 2.42. The smallest absolute Gasteiger partial charge is 0.268 e. The summed E-state index contributed by atoms with van der Waals surface area (Å²) >= 11 is 7.34. The molecule has 4 aromatic rings. The molecule has 0 spiro atoms. The van der Waals surface area contributed by atoms with Crippen LogP contribution in [0.4, 0.5) is 0 Å². The monoisotopic (exact) mass is 384 g/mol. The Bertz CT molecular complexity index is 1270. The minimum atomic E-state index is -0.288. The standard InChI is InChI=1S/C20H17ClN2O2S/c1-11(2)13-9-14-17(20(25)23(13)12-7-5-4-6-8-12)18(24)19-15(22(14)3)10-16(21)26-19/h4-11H,1-3H3. The van der Waals surface area contributed by atoms with Gasteiger partial charge in [0.1, 0.15) is 10.1 Å². The molecule has 0 N–H and O–H groups in total. The number of nitrogens with zero attached hydrogens (tertiary/aromatic N) is 2. The Morgan fingerprint density at radius 1 is 1.04 bits per heavy atom. The molecule has 132 valence electrons. The predicted octanol–water partition coefficient (Wildman–Crippen LogP) is 4.68. The lowest BCUT2D eigenvalue weighted by molar-refractivity contribution is 0.762. The Kier molecular flexibility index (Phi) is 4.01. The molecule has 6 heteroatoms. The first kappa shape index (κ1) is 17.1. The Morgan fingerprint density at radius 3 is 2.38 bits per heavy atom. The zero-order valence-electron chi connectivity index (χ0n) is 14.6. The molecule has 0 aliphatic rings. The van der Waals surface area contributed by atoms with Crippen molar-refractivity contribution in [1.29, 1.82) is 0 Å². The van der Waals surface area contributed by atoms with Gasteiger partial charge in [-0.15, -0.1) is 11.3 Å². The van der Waals surface area contributed by atoms with Crippen molar-refractivity contribution >= 4 is 44.1 Å². The summed E-state index contributed by atoms with van der Waals surface area (Å²) in [5.41, 5.74) is 2.47. The molecule has 1 aromatic carbocycles. The summed E-state index contributed by atoms with van der Waals surface area (Å²) in [7, 11) is 1.86. The van der Waals surface area contributed by atoms with Gasteiger partial charge in [0.2, 0.25) is 5.43 Å². The maximum absolute atomic E-state index is 13.4. The van der Waals surface area contributed by atoms with E-state index in [1.807, 2.05) is 61.9 Å². The van der Waals surface area contributed by atoms with Crippen LogP contribution in [0.2, 0.25) is 4.34 Å². The highest BCUT2D eigenvalue weighted by Gasteiger charge is 2.20. The molecule has 0 saturated carbocycles. The number of hydrogen-bond acceptors (Lipinski definition) is 3. The van der Waals surface area contributed by atoms with Crippen molar-refractivity contribution < 1.29 is 0 Å². The van der Waals surface area contributed by atoms with Crippen molar-refractivity contribution in [2.75, 3.05) is 0 Å². The normalized spacial score (nSPS) is 11.7. The molecule has 4 rings (SSSR count). The van der Waals surface area contributed by atoms with Gasteiger partial charge >= 0.3 is 0 Å². The summed E-state index contributed by atoms with van der Waals surface area (Å²) in [6, 6.07) is 13.2. The van der Waals surface area contributed by atoms with Crippen molar-refractivity contribution in [3.63, 3.8) is 0 Å². The van der Waals surface area contributed by atoms with Crippen molar-refractivity contribution in [2.45, 2.75) is 19.8 Å². The minimum absolute atomic E-state index is 0.115. The van der Waals surface area contributed by atoms with E-state index < -0.39 is 0 Å². The molecule has 0 amide bonds. The Morgan fingerprint density at radius 2 is 1.73 bits per heavy atom. The molecule has 0 atom stereocenters. The van der Waals surface area contributed by atoms with Crippen LogP contribution in [0, 0.1) is 0 Å². The molecular weight excluding hydrogens is 368 g/mol. The van der Waals surface area contributed by atoms with E-state index in [1.165, 1.54) is 11.3 Å². The maximum Gasteiger partial charge on any atom is 0.268 e. The van der Waals surface area contributed by atoms with Crippen molar-refractivity contribution in [3.8, 4) is 5.69 Å². The fraction of sp³-hybridized carbons (Fsp3) is 0.200. The first-order valence-electron chi connectivity index (χ1n) is 8.33. The average Bonchev–Trinajstić information content (AvgIpc) is 3.02. The van der Waals surface area contributed by atoms with Gasteiger partial charge in [-0.3, -0.25) is 14.2 Å². The molecule has 26 heavy (non-hydrogen) atoms. The largest absolute Gasteiger partial charge is 0.342 e. The number of pyridine rings is 2. The zero-order chi connectivity index (χ0) is 18.6. The third-order valence-electron chi connectivity index (χ3n) is 4.66. The van der Waals surface area contributed by atoms with Crippen LogP contribution in [0.15, 0.2) is 52.1 Å². The SMILES string of the molecule is CC(C)c1cc2c(c(=O)c3sc(Cl)cc3n2C)c(=O)n1-c1ccccc1. The molecule has 3 aromatic heterocycles. The number of aryl methyl sites for hydroxylation is 1. The quantitative estimate of drug-likeness (QED) is 0.503. The van der Waals surface area contributed by atoms with E-state index in [0.717, 1.165) is 16.9 Å². The summed E-state index contributed by atoms with van der Waals surface area (Å²) in [6.45, 7) is 4.08. The van der Waals surface area contributed by atoms with Crippen LogP contribution in [-0.4, -0.2) is 9.13 Å². The molecule has 3 heterocycles. The Labute approximate surface area is 158 Å². The van der Waals surface area contributed by atoms with Gasteiger partial charge in [0.15, 0.2) is 0 Å². The number of para-hydroxylation sites is 1. The van der Waals surface area contributed by atoms with E-state index >= 15 is 0 Å². The third-order valence-corrected chi connectivity index (χ3v) is 5.91. The van der Waals surface area contributed by atoms with Gasteiger partial charge in [0, 0.05) is 18.4 Å². The number of halogens is 1. The first-order valence-corrected chi connectivity index (χ1v) is 9.52. The lowest BCUT2D eigenvalue weighted by Gasteiger charge is -2.18. The van der Waals surface area contributed by atoms with Gasteiger partial charge in [-0.2, -0.15) is 0 Å². The minimum Gasteiger partial charge on any atom is -0.342 e. The second kappa shape index (κ2) is 6.11. The Hall–Kier alpha value is -2.37. The van der Waals surface area contributed by atoms with Crippen LogP contribution in [0.25, 0.3) is 26.8 Å². The molecule has 0 radical (unpaired) electrons. The number of hydrogen-bond donors (Lipinski definition) is 0. The summed E-state index contributed by atoms with van der Waals surface area (Å²) in [5.74, 6) is 0.115. The van der Waals surface area contributed by atoms with E-state index in [0.29, 0.717) is 14.6 Å². The number of fused-ring (bicyclic) bond motifs is 2. The van der Waals surface area contributed by atoms with E-state index in [2.05, 4.69) is 0 Å². The summed E-state index contributed by atoms with van der Waals surface area (Å²) in [6.07, 6.45) is 0. The van der Waals surface area contributed by atoms with E-state index in [-0.39, 0.29) is 22.3 Å². The van der Waals surface area contributed by atoms with Gasteiger partial charge in [0.25, 0.3) is 5.56 Å². The van der Waals surface area contributed by atoms with Crippen LogP contribution >= 0.6 is 22.9 Å². The number of benzene rings is 1. The second-order valence-electron chi connectivity index (χ2n) is 6.61. The van der Waals surface area contributed by atoms with Crippen LogP contribution in [-0.2, 0) is 7.05 Å². The zero-order valence-corrected chi connectivity index (χ0v) is 16.2. The van der Waals surface area contributed by atoms with E-state index in [4.69, 9.17) is 11.6 Å². The molecule has 0 unspecified atom stereocenters. The highest BCUT2D eigenvalue weighted by Crippen LogP contribution is 2.29. The van der Waals surface area contributed by atoms with Crippen molar-refractivity contribution in [2.24, 2.45) is 7.05 Å². The van der Waals surface area contributed by atoms with Gasteiger partial charge in [-0.1, -0.05) is 43.6 Å². The van der Waals surface area contributed by atoms with Crippen LogP contribution in [0.3, 0.4) is 0 Å². The highest BCUT2D eigenvalue weighted by atomic mass is 35.5. The number of thiophene rings is 1. The fourth-order valence-corrected chi connectivity index (χ4v) is 4.56. The van der Waals surface area contributed by atoms with E-state index in [9.17, 15) is 9.59 Å². The average molecular weight is 385 g/mol. The number of aromatic nitrogens is 2. The topological polar surface area (TPSA) is 44.0 Å². The molecule has 0 aliphatic carbocycles. The van der Waals surface area contributed by atoms with Gasteiger partial charge in [-0.25, -0.2) is 0 Å². The Balaban J connectivity index is 2.27. The molecule has 0 bridgehead atoms. The van der Waals surface area contributed by atoms with Crippen molar-refractivity contribution in [3.05, 3.63) is 73.1 Å². The predicted molar refractivity (Wildman–Crippen MR) is 109 cm³/mol.